The quantitative estimate of drug-likeness (QED) is 0.607. The standard InChI is InChI=1S/C19H16ClF3N4O3S/c1-26(2)31(29,30)15-9-5-13(6-10-15)25-18(28)16-11-24-27(17(16)19(21,22)23)14-7-3-12(20)4-8-14/h3-11H,1-2H3,(H,25,28). The molecule has 2 aromatic carbocycles. The Labute approximate surface area is 181 Å². The van der Waals surface area contributed by atoms with Gasteiger partial charge in [-0.2, -0.15) is 18.3 Å². The van der Waals surface area contributed by atoms with Gasteiger partial charge in [-0.25, -0.2) is 17.4 Å². The lowest BCUT2D eigenvalue weighted by molar-refractivity contribution is -0.143. The van der Waals surface area contributed by atoms with Crippen molar-refractivity contribution in [2.75, 3.05) is 19.4 Å². The molecule has 0 aliphatic rings. The second kappa shape index (κ2) is 8.33. The van der Waals surface area contributed by atoms with Gasteiger partial charge in [-0.1, -0.05) is 11.6 Å². The first-order valence-electron chi connectivity index (χ1n) is 8.66. The van der Waals surface area contributed by atoms with Crippen LogP contribution in [0.2, 0.25) is 5.02 Å². The highest BCUT2D eigenvalue weighted by Crippen LogP contribution is 2.34. The van der Waals surface area contributed by atoms with Crippen LogP contribution in [0.15, 0.2) is 59.6 Å². The highest BCUT2D eigenvalue weighted by atomic mass is 35.5. The SMILES string of the molecule is CN(C)S(=O)(=O)c1ccc(NC(=O)c2cnn(-c3ccc(Cl)cc3)c2C(F)(F)F)cc1. The predicted molar refractivity (Wildman–Crippen MR) is 109 cm³/mol. The molecular formula is C19H16ClF3N4O3S. The van der Waals surface area contributed by atoms with Crippen molar-refractivity contribution in [3.05, 3.63) is 71.0 Å². The summed E-state index contributed by atoms with van der Waals surface area (Å²) < 4.78 is 67.0. The number of benzene rings is 2. The summed E-state index contributed by atoms with van der Waals surface area (Å²) in [6.07, 6.45) is -4.05. The van der Waals surface area contributed by atoms with E-state index in [1.54, 1.807) is 0 Å². The number of aromatic nitrogens is 2. The van der Waals surface area contributed by atoms with Gasteiger partial charge in [0.1, 0.15) is 0 Å². The summed E-state index contributed by atoms with van der Waals surface area (Å²) in [6, 6.07) is 10.5. The minimum atomic E-state index is -4.87. The zero-order valence-electron chi connectivity index (χ0n) is 16.2. The second-order valence-electron chi connectivity index (χ2n) is 6.56. The molecule has 0 atom stereocenters. The van der Waals surface area contributed by atoms with Crippen LogP contribution in [0, 0.1) is 0 Å². The molecule has 31 heavy (non-hydrogen) atoms. The molecular weight excluding hydrogens is 457 g/mol. The van der Waals surface area contributed by atoms with Gasteiger partial charge in [0.2, 0.25) is 10.0 Å². The van der Waals surface area contributed by atoms with Crippen LogP contribution in [0.25, 0.3) is 5.69 Å². The molecule has 164 valence electrons. The van der Waals surface area contributed by atoms with E-state index in [2.05, 4.69) is 10.4 Å². The monoisotopic (exact) mass is 472 g/mol. The van der Waals surface area contributed by atoms with Gasteiger partial charge in [-0.15, -0.1) is 0 Å². The molecule has 0 saturated heterocycles. The summed E-state index contributed by atoms with van der Waals surface area (Å²) in [5, 5.41) is 6.38. The van der Waals surface area contributed by atoms with Crippen molar-refractivity contribution in [3.8, 4) is 5.69 Å². The Morgan fingerprint density at radius 1 is 1.06 bits per heavy atom. The minimum Gasteiger partial charge on any atom is -0.322 e. The van der Waals surface area contributed by atoms with E-state index < -0.39 is 33.4 Å². The number of hydrogen-bond donors (Lipinski definition) is 1. The van der Waals surface area contributed by atoms with E-state index in [4.69, 9.17) is 11.6 Å². The Morgan fingerprint density at radius 2 is 1.65 bits per heavy atom. The Hall–Kier alpha value is -2.89. The molecule has 0 bridgehead atoms. The zero-order valence-corrected chi connectivity index (χ0v) is 17.8. The number of nitrogens with one attached hydrogen (secondary N) is 1. The Bertz CT molecular complexity index is 1210. The van der Waals surface area contributed by atoms with E-state index in [1.165, 1.54) is 62.6 Å². The van der Waals surface area contributed by atoms with Crippen LogP contribution >= 0.6 is 11.6 Å². The fourth-order valence-electron chi connectivity index (χ4n) is 2.68. The summed E-state index contributed by atoms with van der Waals surface area (Å²) in [5.41, 5.74) is -1.74. The van der Waals surface area contributed by atoms with Crippen LogP contribution in [-0.4, -0.2) is 42.5 Å². The van der Waals surface area contributed by atoms with Crippen LogP contribution in [0.4, 0.5) is 18.9 Å². The van der Waals surface area contributed by atoms with Gasteiger partial charge in [-0.3, -0.25) is 4.79 Å². The van der Waals surface area contributed by atoms with E-state index in [1.807, 2.05) is 0 Å². The van der Waals surface area contributed by atoms with Crippen molar-refractivity contribution in [2.24, 2.45) is 0 Å². The molecule has 0 aliphatic carbocycles. The maximum Gasteiger partial charge on any atom is 0.434 e. The summed E-state index contributed by atoms with van der Waals surface area (Å²) in [4.78, 5) is 12.5. The van der Waals surface area contributed by atoms with E-state index in [9.17, 15) is 26.4 Å². The van der Waals surface area contributed by atoms with Crippen LogP contribution < -0.4 is 5.32 Å². The topological polar surface area (TPSA) is 84.3 Å². The summed E-state index contributed by atoms with van der Waals surface area (Å²) in [6.45, 7) is 0. The molecule has 0 fully saturated rings. The third kappa shape index (κ3) is 4.73. The lowest BCUT2D eigenvalue weighted by Crippen LogP contribution is -2.22. The molecule has 3 rings (SSSR count). The second-order valence-corrected chi connectivity index (χ2v) is 9.15. The summed E-state index contributed by atoms with van der Waals surface area (Å²) >= 11 is 5.77. The molecule has 1 amide bonds. The average Bonchev–Trinajstić information content (AvgIpc) is 3.15. The lowest BCUT2D eigenvalue weighted by atomic mass is 10.2. The molecule has 0 aliphatic heterocycles. The molecule has 1 heterocycles. The van der Waals surface area contributed by atoms with E-state index >= 15 is 0 Å². The molecule has 1 N–H and O–H groups in total. The number of carbonyl (C=O) groups is 1. The smallest absolute Gasteiger partial charge is 0.322 e. The van der Waals surface area contributed by atoms with Crippen LogP contribution in [0.5, 0.6) is 0 Å². The van der Waals surface area contributed by atoms with Crippen LogP contribution in [0.1, 0.15) is 16.1 Å². The highest BCUT2D eigenvalue weighted by molar-refractivity contribution is 7.89. The first-order valence-corrected chi connectivity index (χ1v) is 10.5. The largest absolute Gasteiger partial charge is 0.434 e. The lowest BCUT2D eigenvalue weighted by Gasteiger charge is -2.13. The summed E-state index contributed by atoms with van der Waals surface area (Å²) in [7, 11) is -0.955. The van der Waals surface area contributed by atoms with Crippen molar-refractivity contribution < 1.29 is 26.4 Å². The van der Waals surface area contributed by atoms with Gasteiger partial charge in [0.05, 0.1) is 22.3 Å². The molecule has 1 aromatic heterocycles. The zero-order chi connectivity index (χ0) is 23.0. The van der Waals surface area contributed by atoms with Crippen molar-refractivity contribution in [2.45, 2.75) is 11.1 Å². The third-order valence-corrected chi connectivity index (χ3v) is 6.33. The average molecular weight is 473 g/mol. The third-order valence-electron chi connectivity index (χ3n) is 4.24. The number of sulfonamides is 1. The van der Waals surface area contributed by atoms with Gasteiger partial charge in [0.15, 0.2) is 5.69 Å². The van der Waals surface area contributed by atoms with Gasteiger partial charge in [0.25, 0.3) is 5.91 Å². The highest BCUT2D eigenvalue weighted by Gasteiger charge is 2.40. The maximum atomic E-state index is 13.7. The van der Waals surface area contributed by atoms with E-state index in [0.29, 0.717) is 9.70 Å². The van der Waals surface area contributed by atoms with Crippen molar-refractivity contribution in [3.63, 3.8) is 0 Å². The molecule has 0 spiro atoms. The Kier molecular flexibility index (Phi) is 6.12. The van der Waals surface area contributed by atoms with E-state index in [0.717, 1.165) is 10.5 Å². The number of hydrogen-bond acceptors (Lipinski definition) is 4. The Morgan fingerprint density at radius 3 is 2.16 bits per heavy atom. The fraction of sp³-hybridized carbons (Fsp3) is 0.158. The number of alkyl halides is 3. The number of anilines is 1. The number of rotatable bonds is 5. The molecule has 7 nitrogen and oxygen atoms in total. The molecule has 0 unspecified atom stereocenters. The number of amides is 1. The predicted octanol–water partition coefficient (Wildman–Crippen LogP) is 4.05. The van der Waals surface area contributed by atoms with Gasteiger partial charge < -0.3 is 5.32 Å². The van der Waals surface area contributed by atoms with Crippen LogP contribution in [0.3, 0.4) is 0 Å². The van der Waals surface area contributed by atoms with Gasteiger partial charge in [-0.05, 0) is 48.5 Å². The van der Waals surface area contributed by atoms with Crippen molar-refractivity contribution in [1.29, 1.82) is 0 Å². The summed E-state index contributed by atoms with van der Waals surface area (Å²) in [5.74, 6) is -1.05. The number of carbonyl (C=O) groups excluding carboxylic acids is 1. The first-order chi connectivity index (χ1) is 14.4. The number of nitrogens with zero attached hydrogens (tertiary/aromatic N) is 3. The van der Waals surface area contributed by atoms with Crippen LogP contribution in [-0.2, 0) is 16.2 Å². The van der Waals surface area contributed by atoms with Crippen molar-refractivity contribution in [1.82, 2.24) is 14.1 Å². The number of halogens is 4. The minimum absolute atomic E-state index is 0.0259. The molecule has 12 heteroatoms. The maximum absolute atomic E-state index is 13.7. The van der Waals surface area contributed by atoms with Gasteiger partial charge >= 0.3 is 6.18 Å². The normalized spacial score (nSPS) is 12.2. The molecule has 0 radical (unpaired) electrons. The first kappa shape index (κ1) is 22.8. The van der Waals surface area contributed by atoms with Crippen molar-refractivity contribution >= 4 is 33.2 Å². The Balaban J connectivity index is 1.93. The van der Waals surface area contributed by atoms with E-state index in [-0.39, 0.29) is 16.3 Å². The molecule has 3 aromatic rings. The fourth-order valence-corrected chi connectivity index (χ4v) is 3.71. The van der Waals surface area contributed by atoms with Gasteiger partial charge in [0, 0.05) is 24.8 Å². The molecule has 0 saturated carbocycles.